The van der Waals surface area contributed by atoms with Crippen molar-refractivity contribution in [3.63, 3.8) is 0 Å². The van der Waals surface area contributed by atoms with Crippen molar-refractivity contribution in [1.82, 2.24) is 9.61 Å². The molecule has 0 saturated carbocycles. The number of pyridine rings is 1. The van der Waals surface area contributed by atoms with Crippen LogP contribution in [0.3, 0.4) is 0 Å². The molecule has 0 radical (unpaired) electrons. The number of aromatic nitrogens is 2. The van der Waals surface area contributed by atoms with Crippen molar-refractivity contribution in [2.75, 3.05) is 0 Å². The molecule has 0 N–H and O–H groups in total. The van der Waals surface area contributed by atoms with Gasteiger partial charge in [-0.3, -0.25) is 4.79 Å². The molecule has 0 unspecified atom stereocenters. The van der Waals surface area contributed by atoms with E-state index in [1.807, 2.05) is 0 Å². The summed E-state index contributed by atoms with van der Waals surface area (Å²) in [5.41, 5.74) is -0.185. The van der Waals surface area contributed by atoms with Gasteiger partial charge in [0.2, 0.25) is 0 Å². The molecular weight excluding hydrogens is 221 g/mol. The third-order valence-electron chi connectivity index (χ3n) is 2.15. The van der Waals surface area contributed by atoms with Crippen LogP contribution >= 0.6 is 0 Å². The summed E-state index contributed by atoms with van der Waals surface area (Å²) in [5, 5.41) is 3.75. The summed E-state index contributed by atoms with van der Waals surface area (Å²) in [6, 6.07) is 3.69. The maximum atomic E-state index is 12.4. The van der Waals surface area contributed by atoms with E-state index in [1.54, 1.807) is 0 Å². The first-order valence-electron chi connectivity index (χ1n) is 4.45. The third kappa shape index (κ3) is 1.78. The van der Waals surface area contributed by atoms with Crippen LogP contribution in [0.1, 0.15) is 23.0 Å². The van der Waals surface area contributed by atoms with E-state index in [1.165, 1.54) is 19.1 Å². The van der Waals surface area contributed by atoms with E-state index in [4.69, 9.17) is 0 Å². The van der Waals surface area contributed by atoms with Gasteiger partial charge in [0.25, 0.3) is 0 Å². The predicted molar refractivity (Wildman–Crippen MR) is 50.2 cm³/mol. The van der Waals surface area contributed by atoms with Crippen LogP contribution in [-0.2, 0) is 6.18 Å². The Morgan fingerprint density at radius 3 is 2.62 bits per heavy atom. The highest BCUT2D eigenvalue weighted by molar-refractivity contribution is 5.93. The summed E-state index contributed by atoms with van der Waals surface area (Å²) in [6.45, 7) is 1.31. The molecule has 0 fully saturated rings. The maximum absolute atomic E-state index is 12.4. The minimum atomic E-state index is -4.41. The molecule has 2 rings (SSSR count). The van der Waals surface area contributed by atoms with Crippen LogP contribution in [0.4, 0.5) is 13.2 Å². The summed E-state index contributed by atoms with van der Waals surface area (Å²) >= 11 is 0. The van der Waals surface area contributed by atoms with Crippen LogP contribution < -0.4 is 0 Å². The summed E-state index contributed by atoms with van der Waals surface area (Å²) < 4.78 is 38.2. The molecule has 6 heteroatoms. The molecule has 3 nitrogen and oxygen atoms in total. The number of carbonyl (C=O) groups is 1. The Labute approximate surface area is 88.5 Å². The monoisotopic (exact) mass is 228 g/mol. The van der Waals surface area contributed by atoms with Gasteiger partial charge < -0.3 is 0 Å². The number of carbonyl (C=O) groups excluding carboxylic acids is 1. The fourth-order valence-corrected chi connectivity index (χ4v) is 1.33. The summed E-state index contributed by atoms with van der Waals surface area (Å²) in [7, 11) is 0. The van der Waals surface area contributed by atoms with Gasteiger partial charge >= 0.3 is 6.18 Å². The number of hydrogen-bond acceptors (Lipinski definition) is 2. The van der Waals surface area contributed by atoms with Crippen molar-refractivity contribution in [3.8, 4) is 0 Å². The Hall–Kier alpha value is -1.85. The average Bonchev–Trinajstić information content (AvgIpc) is 2.58. The number of ketones is 1. The third-order valence-corrected chi connectivity index (χ3v) is 2.15. The number of alkyl halides is 3. The van der Waals surface area contributed by atoms with Gasteiger partial charge in [0, 0.05) is 13.1 Å². The number of fused-ring (bicyclic) bond motifs is 1. The second-order valence-corrected chi connectivity index (χ2v) is 3.37. The number of halogens is 3. The normalized spacial score (nSPS) is 12.0. The molecule has 0 spiro atoms. The number of nitrogens with zero attached hydrogens (tertiary/aromatic N) is 2. The highest BCUT2D eigenvalue weighted by Crippen LogP contribution is 2.29. The topological polar surface area (TPSA) is 34.4 Å². The molecule has 2 aromatic heterocycles. The molecule has 0 aliphatic heterocycles. The molecule has 0 amide bonds. The summed E-state index contributed by atoms with van der Waals surface area (Å²) in [5.74, 6) is -0.280. The van der Waals surface area contributed by atoms with E-state index >= 15 is 0 Å². The zero-order valence-corrected chi connectivity index (χ0v) is 8.25. The summed E-state index contributed by atoms with van der Waals surface area (Å²) in [4.78, 5) is 11.0. The standard InChI is InChI=1S/C10H7F3N2O/c1-6(16)9-4-8-3-2-7(10(11,12)13)5-15(8)14-9/h2-5H,1H3. The second-order valence-electron chi connectivity index (χ2n) is 3.37. The smallest absolute Gasteiger partial charge is 0.293 e. The van der Waals surface area contributed by atoms with Crippen LogP contribution in [0.2, 0.25) is 0 Å². The number of rotatable bonds is 1. The quantitative estimate of drug-likeness (QED) is 0.703. The molecule has 0 atom stereocenters. The largest absolute Gasteiger partial charge is 0.417 e. The van der Waals surface area contributed by atoms with E-state index in [9.17, 15) is 18.0 Å². The van der Waals surface area contributed by atoms with Crippen LogP contribution in [0.25, 0.3) is 5.52 Å². The van der Waals surface area contributed by atoms with Gasteiger partial charge in [0.05, 0.1) is 11.1 Å². The molecule has 0 aromatic carbocycles. The van der Waals surface area contributed by atoms with E-state index in [0.29, 0.717) is 5.52 Å². The molecule has 0 bridgehead atoms. The average molecular weight is 228 g/mol. The molecular formula is C10H7F3N2O. The lowest BCUT2D eigenvalue weighted by Crippen LogP contribution is -2.06. The van der Waals surface area contributed by atoms with Gasteiger partial charge in [-0.05, 0) is 18.2 Å². The minimum Gasteiger partial charge on any atom is -0.293 e. The highest BCUT2D eigenvalue weighted by Gasteiger charge is 2.30. The van der Waals surface area contributed by atoms with E-state index in [0.717, 1.165) is 16.8 Å². The Morgan fingerprint density at radius 2 is 2.06 bits per heavy atom. The zero-order valence-electron chi connectivity index (χ0n) is 8.25. The minimum absolute atomic E-state index is 0.152. The SMILES string of the molecule is CC(=O)c1cc2ccc(C(F)(F)F)cn2n1. The van der Waals surface area contributed by atoms with Crippen molar-refractivity contribution in [2.24, 2.45) is 0 Å². The molecule has 2 heterocycles. The van der Waals surface area contributed by atoms with Gasteiger partial charge in [0.1, 0.15) is 5.69 Å². The highest BCUT2D eigenvalue weighted by atomic mass is 19.4. The lowest BCUT2D eigenvalue weighted by Gasteiger charge is -2.05. The fourth-order valence-electron chi connectivity index (χ4n) is 1.33. The van der Waals surface area contributed by atoms with Crippen molar-refractivity contribution in [3.05, 3.63) is 35.7 Å². The van der Waals surface area contributed by atoms with E-state index < -0.39 is 11.7 Å². The fraction of sp³-hybridized carbons (Fsp3) is 0.200. The Kier molecular flexibility index (Phi) is 2.22. The Bertz CT molecular complexity index is 557. The lowest BCUT2D eigenvalue weighted by molar-refractivity contribution is -0.137. The predicted octanol–water partition coefficient (Wildman–Crippen LogP) is 2.56. The van der Waals surface area contributed by atoms with Crippen molar-refractivity contribution >= 4 is 11.3 Å². The van der Waals surface area contributed by atoms with Crippen molar-refractivity contribution < 1.29 is 18.0 Å². The zero-order chi connectivity index (χ0) is 11.9. The van der Waals surface area contributed by atoms with Gasteiger partial charge in [-0.15, -0.1) is 0 Å². The Balaban J connectivity index is 2.58. The molecule has 0 aliphatic carbocycles. The molecule has 0 aliphatic rings. The first-order valence-corrected chi connectivity index (χ1v) is 4.45. The first kappa shape index (κ1) is 10.7. The van der Waals surface area contributed by atoms with Crippen molar-refractivity contribution in [2.45, 2.75) is 13.1 Å². The van der Waals surface area contributed by atoms with Gasteiger partial charge in [-0.2, -0.15) is 18.3 Å². The Morgan fingerprint density at radius 1 is 1.38 bits per heavy atom. The molecule has 2 aromatic rings. The second kappa shape index (κ2) is 3.33. The number of Topliss-reactive ketones (excluding diaryl/α,β-unsaturated/α-hetero) is 1. The first-order chi connectivity index (χ1) is 7.38. The van der Waals surface area contributed by atoms with Crippen LogP contribution in [0.5, 0.6) is 0 Å². The van der Waals surface area contributed by atoms with Gasteiger partial charge in [-0.25, -0.2) is 4.52 Å². The summed E-state index contributed by atoms with van der Waals surface area (Å²) in [6.07, 6.45) is -3.54. The van der Waals surface area contributed by atoms with Crippen molar-refractivity contribution in [1.29, 1.82) is 0 Å². The molecule has 0 saturated heterocycles. The van der Waals surface area contributed by atoms with E-state index in [2.05, 4.69) is 5.10 Å². The molecule has 84 valence electrons. The van der Waals surface area contributed by atoms with Crippen LogP contribution in [0, 0.1) is 0 Å². The van der Waals surface area contributed by atoms with Gasteiger partial charge in [0.15, 0.2) is 5.78 Å². The molecule has 16 heavy (non-hydrogen) atoms. The number of hydrogen-bond donors (Lipinski definition) is 0. The maximum Gasteiger partial charge on any atom is 0.417 e. The van der Waals surface area contributed by atoms with E-state index in [-0.39, 0.29) is 11.5 Å². The van der Waals surface area contributed by atoms with Gasteiger partial charge in [-0.1, -0.05) is 0 Å². The van der Waals surface area contributed by atoms with Crippen LogP contribution in [0.15, 0.2) is 24.4 Å². The lowest BCUT2D eigenvalue weighted by atomic mass is 10.2. The van der Waals surface area contributed by atoms with Crippen LogP contribution in [-0.4, -0.2) is 15.4 Å².